The van der Waals surface area contributed by atoms with E-state index in [1.807, 2.05) is 0 Å². The predicted molar refractivity (Wildman–Crippen MR) is 88.1 cm³/mol. The Labute approximate surface area is 149 Å². The summed E-state index contributed by atoms with van der Waals surface area (Å²) in [6.07, 6.45) is -4.36. The molecule has 2 rings (SSSR count). The standard InChI is InChI=1S/C15H19F3N4O3S/c1-21(10-15(16,17)18)9-12-7-14(26(19,23)24)20-22(12)8-11-3-5-13(25-2)6-4-11/h3-7H,8-10H2,1-2H3,(H2,19,23,24). The van der Waals surface area contributed by atoms with Crippen LogP contribution >= 0.6 is 0 Å². The Bertz CT molecular complexity index is 848. The van der Waals surface area contributed by atoms with Gasteiger partial charge in [0.1, 0.15) is 5.75 Å². The Morgan fingerprint density at radius 3 is 2.38 bits per heavy atom. The van der Waals surface area contributed by atoms with Gasteiger partial charge in [0.25, 0.3) is 10.0 Å². The third-order valence-corrected chi connectivity index (χ3v) is 4.29. The highest BCUT2D eigenvalue weighted by Crippen LogP contribution is 2.19. The molecule has 144 valence electrons. The first-order valence-electron chi connectivity index (χ1n) is 7.45. The Morgan fingerprint density at radius 1 is 1.27 bits per heavy atom. The largest absolute Gasteiger partial charge is 0.497 e. The van der Waals surface area contributed by atoms with Crippen LogP contribution in [0.25, 0.3) is 0 Å². The number of rotatable bonds is 7. The number of methoxy groups -OCH3 is 1. The van der Waals surface area contributed by atoms with Gasteiger partial charge in [0.15, 0.2) is 5.03 Å². The maximum absolute atomic E-state index is 12.5. The van der Waals surface area contributed by atoms with Crippen molar-refractivity contribution in [2.75, 3.05) is 20.7 Å². The molecule has 11 heteroatoms. The molecule has 26 heavy (non-hydrogen) atoms. The molecule has 2 N–H and O–H groups in total. The lowest BCUT2D eigenvalue weighted by molar-refractivity contribution is -0.144. The molecule has 0 aliphatic heterocycles. The molecule has 1 aromatic heterocycles. The van der Waals surface area contributed by atoms with E-state index in [0.29, 0.717) is 11.4 Å². The fraction of sp³-hybridized carbons (Fsp3) is 0.400. The van der Waals surface area contributed by atoms with Gasteiger partial charge in [0.05, 0.1) is 25.9 Å². The summed E-state index contributed by atoms with van der Waals surface area (Å²) in [5.74, 6) is 0.643. The Morgan fingerprint density at radius 2 is 1.88 bits per heavy atom. The van der Waals surface area contributed by atoms with Crippen LogP contribution in [0.5, 0.6) is 5.75 Å². The second-order valence-electron chi connectivity index (χ2n) is 5.81. The van der Waals surface area contributed by atoms with Gasteiger partial charge >= 0.3 is 6.18 Å². The molecule has 1 heterocycles. The number of benzene rings is 1. The van der Waals surface area contributed by atoms with Crippen molar-refractivity contribution in [2.24, 2.45) is 5.14 Å². The smallest absolute Gasteiger partial charge is 0.401 e. The lowest BCUT2D eigenvalue weighted by atomic mass is 10.2. The van der Waals surface area contributed by atoms with E-state index in [1.54, 1.807) is 24.3 Å². The second-order valence-corrected chi connectivity index (χ2v) is 7.32. The summed E-state index contributed by atoms with van der Waals surface area (Å²) in [5.41, 5.74) is 1.08. The molecular weight excluding hydrogens is 373 g/mol. The van der Waals surface area contributed by atoms with Gasteiger partial charge < -0.3 is 4.74 Å². The third kappa shape index (κ3) is 5.71. The average Bonchev–Trinajstić information content (AvgIpc) is 2.89. The lowest BCUT2D eigenvalue weighted by Crippen LogP contribution is -2.31. The van der Waals surface area contributed by atoms with Crippen LogP contribution < -0.4 is 9.88 Å². The summed E-state index contributed by atoms with van der Waals surface area (Å²) in [6.45, 7) is -1.10. The zero-order chi connectivity index (χ0) is 19.5. The van der Waals surface area contributed by atoms with E-state index < -0.39 is 22.7 Å². The van der Waals surface area contributed by atoms with E-state index in [0.717, 1.165) is 10.5 Å². The molecule has 2 aromatic rings. The second kappa shape index (κ2) is 7.64. The zero-order valence-electron chi connectivity index (χ0n) is 14.2. The van der Waals surface area contributed by atoms with Gasteiger partial charge in [-0.15, -0.1) is 0 Å². The van der Waals surface area contributed by atoms with Gasteiger partial charge in [0, 0.05) is 12.6 Å². The van der Waals surface area contributed by atoms with Gasteiger partial charge in [-0.05, 0) is 24.7 Å². The Kier molecular flexibility index (Phi) is 5.94. The van der Waals surface area contributed by atoms with Crippen LogP contribution in [0, 0.1) is 0 Å². The third-order valence-electron chi connectivity index (χ3n) is 3.50. The van der Waals surface area contributed by atoms with Crippen molar-refractivity contribution in [3.63, 3.8) is 0 Å². The number of sulfonamides is 1. The van der Waals surface area contributed by atoms with Gasteiger partial charge in [-0.2, -0.15) is 18.3 Å². The molecule has 0 aliphatic carbocycles. The summed E-state index contributed by atoms with van der Waals surface area (Å²) in [6, 6.07) is 8.12. The van der Waals surface area contributed by atoms with Crippen molar-refractivity contribution in [1.29, 1.82) is 0 Å². The molecule has 0 aliphatic rings. The van der Waals surface area contributed by atoms with Gasteiger partial charge in [0.2, 0.25) is 0 Å². The molecule has 1 aromatic carbocycles. The van der Waals surface area contributed by atoms with Crippen molar-refractivity contribution in [1.82, 2.24) is 14.7 Å². The summed E-state index contributed by atoms with van der Waals surface area (Å²) >= 11 is 0. The average molecular weight is 392 g/mol. The van der Waals surface area contributed by atoms with E-state index in [4.69, 9.17) is 9.88 Å². The van der Waals surface area contributed by atoms with Crippen LogP contribution in [-0.2, 0) is 23.1 Å². The number of hydrogen-bond donors (Lipinski definition) is 1. The van der Waals surface area contributed by atoms with E-state index in [-0.39, 0.29) is 18.1 Å². The number of nitrogens with two attached hydrogens (primary N) is 1. The monoisotopic (exact) mass is 392 g/mol. The summed E-state index contributed by atoms with van der Waals surface area (Å²) in [4.78, 5) is 1.02. The first-order chi connectivity index (χ1) is 12.0. The summed E-state index contributed by atoms with van der Waals surface area (Å²) in [7, 11) is -1.26. The molecule has 0 spiro atoms. The normalized spacial score (nSPS) is 12.6. The number of hydrogen-bond acceptors (Lipinski definition) is 5. The molecule has 0 bridgehead atoms. The maximum Gasteiger partial charge on any atom is 0.401 e. The van der Waals surface area contributed by atoms with Crippen LogP contribution in [0.2, 0.25) is 0 Å². The first-order valence-corrected chi connectivity index (χ1v) is 9.00. The predicted octanol–water partition coefficient (Wildman–Crippen LogP) is 1.58. The van der Waals surface area contributed by atoms with Gasteiger partial charge in [-0.25, -0.2) is 13.6 Å². The fourth-order valence-corrected chi connectivity index (χ4v) is 2.89. The van der Waals surface area contributed by atoms with Crippen molar-refractivity contribution < 1.29 is 26.3 Å². The van der Waals surface area contributed by atoms with E-state index in [9.17, 15) is 21.6 Å². The molecule has 0 saturated carbocycles. The quantitative estimate of drug-likeness (QED) is 0.773. The van der Waals surface area contributed by atoms with Crippen molar-refractivity contribution in [2.45, 2.75) is 24.3 Å². The number of halogens is 3. The van der Waals surface area contributed by atoms with Crippen LogP contribution in [0.3, 0.4) is 0 Å². The van der Waals surface area contributed by atoms with Crippen molar-refractivity contribution in [3.05, 3.63) is 41.6 Å². The Balaban J connectivity index is 2.28. The first kappa shape index (κ1) is 20.2. The number of aromatic nitrogens is 2. The molecule has 0 radical (unpaired) electrons. The molecule has 0 fully saturated rings. The lowest BCUT2D eigenvalue weighted by Gasteiger charge is -2.19. The Hall–Kier alpha value is -2.11. The SMILES string of the molecule is COc1ccc(Cn2nc(S(N)(=O)=O)cc2CN(C)CC(F)(F)F)cc1. The molecule has 0 unspecified atom stereocenters. The van der Waals surface area contributed by atoms with E-state index >= 15 is 0 Å². The molecule has 0 saturated heterocycles. The van der Waals surface area contributed by atoms with Gasteiger partial charge in [-0.3, -0.25) is 9.58 Å². The number of primary sulfonamides is 1. The molecule has 0 atom stereocenters. The van der Waals surface area contributed by atoms with Crippen LogP contribution in [0.1, 0.15) is 11.3 Å². The van der Waals surface area contributed by atoms with Crippen LogP contribution in [0.4, 0.5) is 13.2 Å². The van der Waals surface area contributed by atoms with Gasteiger partial charge in [-0.1, -0.05) is 12.1 Å². The molecule has 7 nitrogen and oxygen atoms in total. The summed E-state index contributed by atoms with van der Waals surface area (Å²) < 4.78 is 67.1. The highest BCUT2D eigenvalue weighted by atomic mass is 32.2. The maximum atomic E-state index is 12.5. The summed E-state index contributed by atoms with van der Waals surface area (Å²) in [5, 5.41) is 8.63. The van der Waals surface area contributed by atoms with Crippen LogP contribution in [0.15, 0.2) is 35.4 Å². The topological polar surface area (TPSA) is 90.5 Å². The van der Waals surface area contributed by atoms with E-state index in [1.165, 1.54) is 24.9 Å². The van der Waals surface area contributed by atoms with Crippen LogP contribution in [-0.4, -0.2) is 50.0 Å². The molecular formula is C15H19F3N4O3S. The van der Waals surface area contributed by atoms with Crippen molar-refractivity contribution >= 4 is 10.0 Å². The molecule has 0 amide bonds. The van der Waals surface area contributed by atoms with Crippen molar-refractivity contribution in [3.8, 4) is 5.75 Å². The zero-order valence-corrected chi connectivity index (χ0v) is 15.0. The van der Waals surface area contributed by atoms with E-state index in [2.05, 4.69) is 5.10 Å². The highest BCUT2D eigenvalue weighted by Gasteiger charge is 2.29. The minimum Gasteiger partial charge on any atom is -0.497 e. The number of nitrogens with zero attached hydrogens (tertiary/aromatic N) is 3. The number of alkyl halides is 3. The fourth-order valence-electron chi connectivity index (χ4n) is 2.37. The minimum absolute atomic E-state index is 0.141. The highest BCUT2D eigenvalue weighted by molar-refractivity contribution is 7.89. The number of ether oxygens (including phenoxy) is 1. The minimum atomic E-state index is -4.36.